The van der Waals surface area contributed by atoms with Crippen LogP contribution in [0, 0.1) is 0 Å². The van der Waals surface area contributed by atoms with Crippen molar-refractivity contribution in [2.24, 2.45) is 0 Å². The predicted molar refractivity (Wildman–Crippen MR) is 163 cm³/mol. The van der Waals surface area contributed by atoms with Crippen LogP contribution >= 0.6 is 11.3 Å². The van der Waals surface area contributed by atoms with Gasteiger partial charge in [0.2, 0.25) is 0 Å². The van der Waals surface area contributed by atoms with Crippen molar-refractivity contribution in [1.29, 1.82) is 0 Å². The number of rotatable bonds is 13. The molecule has 42 heavy (non-hydrogen) atoms. The molecule has 224 valence electrons. The molecule has 11 heteroatoms. The quantitative estimate of drug-likeness (QED) is 0.160. The average Bonchev–Trinajstić information content (AvgIpc) is 3.59. The number of nitrogens with zero attached hydrogens (tertiary/aromatic N) is 2. The Kier molecular flexibility index (Phi) is 10.1. The number of methoxy groups -OCH3 is 2. The maximum atomic E-state index is 12.8. The van der Waals surface area contributed by atoms with Crippen molar-refractivity contribution < 1.29 is 32.2 Å². The summed E-state index contributed by atoms with van der Waals surface area (Å²) < 4.78 is 43.1. The summed E-state index contributed by atoms with van der Waals surface area (Å²) in [5.74, 6) is -0.851. The van der Waals surface area contributed by atoms with E-state index >= 15 is 0 Å². The highest BCUT2D eigenvalue weighted by Gasteiger charge is 2.24. The zero-order valence-electron chi connectivity index (χ0n) is 24.5. The largest absolute Gasteiger partial charge is 0.484 e. The van der Waals surface area contributed by atoms with Gasteiger partial charge in [-0.15, -0.1) is 11.3 Å². The molecule has 0 bridgehead atoms. The Morgan fingerprint density at radius 1 is 1.02 bits per heavy atom. The smallest absolute Gasteiger partial charge is 0.351 e. The van der Waals surface area contributed by atoms with Crippen LogP contribution in [0.15, 0.2) is 54.9 Å². The van der Waals surface area contributed by atoms with Crippen LogP contribution in [0.25, 0.3) is 16.0 Å². The van der Waals surface area contributed by atoms with Gasteiger partial charge in [0.15, 0.2) is 14.7 Å². The fourth-order valence-corrected chi connectivity index (χ4v) is 7.26. The van der Waals surface area contributed by atoms with Gasteiger partial charge in [-0.25, -0.2) is 18.2 Å². The monoisotopic (exact) mass is 612 g/mol. The second kappa shape index (κ2) is 13.5. The van der Waals surface area contributed by atoms with Crippen LogP contribution in [0.3, 0.4) is 0 Å². The van der Waals surface area contributed by atoms with Crippen LogP contribution in [-0.4, -0.2) is 49.9 Å². The molecule has 0 N–H and O–H groups in total. The zero-order valence-corrected chi connectivity index (χ0v) is 26.1. The highest BCUT2D eigenvalue weighted by atomic mass is 32.2. The summed E-state index contributed by atoms with van der Waals surface area (Å²) in [5, 5.41) is 0.665. The van der Waals surface area contributed by atoms with Crippen molar-refractivity contribution in [3.05, 3.63) is 76.4 Å². The van der Waals surface area contributed by atoms with E-state index in [9.17, 15) is 18.0 Å². The first-order valence-corrected chi connectivity index (χ1v) is 16.4. The minimum absolute atomic E-state index is 0.201. The highest BCUT2D eigenvalue weighted by Crippen LogP contribution is 2.38. The lowest BCUT2D eigenvalue weighted by Gasteiger charge is -2.21. The molecule has 0 radical (unpaired) electrons. The molecular formula is C31H36N2O7S2. The fourth-order valence-electron chi connectivity index (χ4n) is 4.96. The highest BCUT2D eigenvalue weighted by molar-refractivity contribution is 7.90. The van der Waals surface area contributed by atoms with Crippen LogP contribution in [0.4, 0.5) is 0 Å². The van der Waals surface area contributed by atoms with Gasteiger partial charge in [0.1, 0.15) is 23.2 Å². The molecule has 0 aliphatic rings. The van der Waals surface area contributed by atoms with Gasteiger partial charge < -0.3 is 14.2 Å². The number of imidazole rings is 1. The first-order chi connectivity index (χ1) is 20.1. The number of fused-ring (bicyclic) bond motifs is 1. The van der Waals surface area contributed by atoms with Crippen molar-refractivity contribution in [2.45, 2.75) is 57.8 Å². The Bertz CT molecular complexity index is 1670. The third kappa shape index (κ3) is 7.19. The molecule has 0 aliphatic carbocycles. The molecule has 0 saturated carbocycles. The second-order valence-corrected chi connectivity index (χ2v) is 13.4. The van der Waals surface area contributed by atoms with Crippen LogP contribution in [0.2, 0.25) is 0 Å². The summed E-state index contributed by atoms with van der Waals surface area (Å²) in [6, 6.07) is 15.2. The van der Waals surface area contributed by atoms with E-state index in [0.717, 1.165) is 18.4 Å². The molecule has 0 amide bonds. The first kappa shape index (κ1) is 31.2. The molecule has 4 rings (SSSR count). The Hall–Kier alpha value is -3.70. The molecule has 2 heterocycles. The number of hydrogen-bond donors (Lipinski definition) is 0. The molecule has 0 fully saturated rings. The third-order valence-electron chi connectivity index (χ3n) is 7.13. The van der Waals surface area contributed by atoms with Gasteiger partial charge in [0.05, 0.1) is 43.2 Å². The van der Waals surface area contributed by atoms with Gasteiger partial charge in [-0.1, -0.05) is 50.6 Å². The van der Waals surface area contributed by atoms with Gasteiger partial charge >= 0.3 is 11.9 Å². The number of thiophene rings is 1. The fraction of sp³-hybridized carbons (Fsp3) is 0.387. The average molecular weight is 613 g/mol. The van der Waals surface area contributed by atoms with E-state index in [4.69, 9.17) is 9.47 Å². The van der Waals surface area contributed by atoms with E-state index in [1.54, 1.807) is 35.2 Å². The van der Waals surface area contributed by atoms with Gasteiger partial charge in [0, 0.05) is 6.07 Å². The summed E-state index contributed by atoms with van der Waals surface area (Å²) in [5.41, 5.74) is 4.17. The van der Waals surface area contributed by atoms with E-state index in [-0.39, 0.29) is 24.0 Å². The number of carbonyl (C=O) groups excluding carboxylic acids is 2. The zero-order chi connectivity index (χ0) is 30.4. The molecule has 2 aromatic heterocycles. The normalized spacial score (nSPS) is 13.1. The molecule has 0 saturated heterocycles. The first-order valence-electron chi connectivity index (χ1n) is 13.8. The SMILES string of the molecule is CCC[C@@H](C)c1ccccc1C(C)Oc1cc(-n2cnc3ccc(CS(=O)(=O)CCC(=O)OC)cc32)sc1C(=O)OC. The van der Waals surface area contributed by atoms with E-state index in [1.165, 1.54) is 31.1 Å². The summed E-state index contributed by atoms with van der Waals surface area (Å²) in [4.78, 5) is 29.0. The maximum absolute atomic E-state index is 12.8. The van der Waals surface area contributed by atoms with Crippen LogP contribution in [-0.2, 0) is 29.9 Å². The van der Waals surface area contributed by atoms with Crippen molar-refractivity contribution in [2.75, 3.05) is 20.0 Å². The molecule has 1 unspecified atom stereocenters. The number of carbonyl (C=O) groups is 2. The van der Waals surface area contributed by atoms with E-state index < -0.39 is 21.8 Å². The number of ether oxygens (including phenoxy) is 3. The molecular weight excluding hydrogens is 576 g/mol. The molecule has 4 aromatic rings. The summed E-state index contributed by atoms with van der Waals surface area (Å²) >= 11 is 1.21. The lowest BCUT2D eigenvalue weighted by atomic mass is 9.90. The van der Waals surface area contributed by atoms with E-state index in [1.807, 2.05) is 19.1 Å². The van der Waals surface area contributed by atoms with Gasteiger partial charge in [-0.3, -0.25) is 9.36 Å². The Labute approximate surface area is 250 Å². The minimum Gasteiger partial charge on any atom is -0.484 e. The summed E-state index contributed by atoms with van der Waals surface area (Å²) in [7, 11) is -0.993. The second-order valence-electron chi connectivity index (χ2n) is 10.2. The molecule has 2 atom stereocenters. The summed E-state index contributed by atoms with van der Waals surface area (Å²) in [6.07, 6.45) is 3.23. The topological polar surface area (TPSA) is 114 Å². The Balaban J connectivity index is 1.66. The maximum Gasteiger partial charge on any atom is 0.351 e. The number of esters is 2. The lowest BCUT2D eigenvalue weighted by Crippen LogP contribution is -2.14. The minimum atomic E-state index is -3.55. The number of hydrogen-bond acceptors (Lipinski definition) is 9. The van der Waals surface area contributed by atoms with Crippen molar-refractivity contribution in [3.8, 4) is 10.8 Å². The van der Waals surface area contributed by atoms with Crippen molar-refractivity contribution >= 4 is 44.1 Å². The summed E-state index contributed by atoms with van der Waals surface area (Å²) in [6.45, 7) is 6.34. The van der Waals surface area contributed by atoms with E-state index in [2.05, 4.69) is 35.7 Å². The molecule has 9 nitrogen and oxygen atoms in total. The molecule has 2 aromatic carbocycles. The van der Waals surface area contributed by atoms with Crippen LogP contribution < -0.4 is 4.74 Å². The van der Waals surface area contributed by atoms with Crippen molar-refractivity contribution in [1.82, 2.24) is 9.55 Å². The lowest BCUT2D eigenvalue weighted by molar-refractivity contribution is -0.140. The third-order valence-corrected chi connectivity index (χ3v) is 9.82. The molecule has 0 aliphatic heterocycles. The van der Waals surface area contributed by atoms with Crippen LogP contribution in [0.1, 0.15) is 78.4 Å². The number of aromatic nitrogens is 2. The van der Waals surface area contributed by atoms with Gasteiger partial charge in [-0.05, 0) is 48.1 Å². The predicted octanol–water partition coefficient (Wildman–Crippen LogP) is 6.40. The Morgan fingerprint density at radius 3 is 2.45 bits per heavy atom. The number of benzene rings is 2. The molecule has 0 spiro atoms. The number of sulfone groups is 1. The van der Waals surface area contributed by atoms with Gasteiger partial charge in [0.25, 0.3) is 0 Å². The Morgan fingerprint density at radius 2 is 1.76 bits per heavy atom. The van der Waals surface area contributed by atoms with Crippen molar-refractivity contribution in [3.63, 3.8) is 0 Å². The van der Waals surface area contributed by atoms with E-state index in [0.29, 0.717) is 38.1 Å². The van der Waals surface area contributed by atoms with Crippen LogP contribution in [0.5, 0.6) is 5.75 Å². The standard InChI is InChI=1S/C31H36N2O7S2/c1-6-9-20(2)23-10-7-8-11-24(23)21(3)40-27-17-28(41-30(27)31(35)39-5)33-19-32-25-13-12-22(16-26(25)33)18-42(36,37)15-14-29(34)38-4/h7-8,10-13,16-17,19-21H,6,9,14-15,18H2,1-5H3/t20-,21?/m1/s1. The van der Waals surface area contributed by atoms with Gasteiger partial charge in [-0.2, -0.15) is 0 Å².